The summed E-state index contributed by atoms with van der Waals surface area (Å²) in [7, 11) is 0. The van der Waals surface area contributed by atoms with Gasteiger partial charge in [-0.15, -0.1) is 10.2 Å². The lowest BCUT2D eigenvalue weighted by atomic mass is 10.1. The number of benzene rings is 1. The summed E-state index contributed by atoms with van der Waals surface area (Å²) in [6, 6.07) is 9.55. The number of carbonyl (C=O) groups excluding carboxylic acids is 1. The average Bonchev–Trinajstić information content (AvgIpc) is 2.46. The number of nitrogens with two attached hydrogens (primary N) is 1. The summed E-state index contributed by atoms with van der Waals surface area (Å²) in [6.45, 7) is 0.650. The molecule has 0 saturated heterocycles. The zero-order valence-corrected chi connectivity index (χ0v) is 11.0. The number of unbranched alkanes of at least 4 members (excludes halogenated alkanes) is 1. The molecule has 2 rings (SSSR count). The second kappa shape index (κ2) is 6.48. The van der Waals surface area contributed by atoms with Crippen molar-refractivity contribution < 1.29 is 4.79 Å². The van der Waals surface area contributed by atoms with Gasteiger partial charge in [-0.2, -0.15) is 5.26 Å². The highest BCUT2D eigenvalue weighted by Crippen LogP contribution is 2.23. The summed E-state index contributed by atoms with van der Waals surface area (Å²) in [5.41, 5.74) is 6.80. The van der Waals surface area contributed by atoms with Crippen molar-refractivity contribution in [2.24, 2.45) is 5.73 Å². The molecule has 3 N–H and O–H groups in total. The Hall–Kier alpha value is -2.68. The number of nitrogens with zero attached hydrogens (tertiary/aromatic N) is 3. The van der Waals surface area contributed by atoms with Crippen LogP contribution in [0.1, 0.15) is 25.0 Å². The highest BCUT2D eigenvalue weighted by Gasteiger charge is 2.09. The number of carbonyl (C=O) groups is 1. The van der Waals surface area contributed by atoms with Crippen molar-refractivity contribution in [3.05, 3.63) is 30.0 Å². The molecule has 1 aromatic carbocycles. The van der Waals surface area contributed by atoms with E-state index < -0.39 is 0 Å². The van der Waals surface area contributed by atoms with Crippen LogP contribution >= 0.6 is 0 Å². The van der Waals surface area contributed by atoms with Crippen LogP contribution in [0.3, 0.4) is 0 Å². The first-order valence-corrected chi connectivity index (χ1v) is 6.40. The van der Waals surface area contributed by atoms with Gasteiger partial charge in [-0.05, 0) is 18.9 Å². The number of hydrogen-bond donors (Lipinski definition) is 2. The smallest absolute Gasteiger partial charge is 0.217 e. The molecule has 20 heavy (non-hydrogen) atoms. The van der Waals surface area contributed by atoms with E-state index in [0.717, 1.165) is 23.7 Å². The normalized spacial score (nSPS) is 10.2. The Labute approximate surface area is 116 Å². The summed E-state index contributed by atoms with van der Waals surface area (Å²) in [5, 5.41) is 21.1. The van der Waals surface area contributed by atoms with Gasteiger partial charge in [0.05, 0.1) is 11.2 Å². The van der Waals surface area contributed by atoms with Gasteiger partial charge >= 0.3 is 0 Å². The third-order valence-electron chi connectivity index (χ3n) is 2.93. The summed E-state index contributed by atoms with van der Waals surface area (Å²) in [5.74, 6) is -0.293. The maximum Gasteiger partial charge on any atom is 0.217 e. The third-order valence-corrected chi connectivity index (χ3v) is 2.93. The minimum absolute atomic E-state index is 0.276. The molecule has 6 nitrogen and oxygen atoms in total. The molecule has 0 radical (unpaired) electrons. The Morgan fingerprint density at radius 2 is 2.10 bits per heavy atom. The van der Waals surface area contributed by atoms with E-state index in [0.29, 0.717) is 18.7 Å². The number of nitrogens with one attached hydrogen (secondary N) is 1. The van der Waals surface area contributed by atoms with Gasteiger partial charge in [0.2, 0.25) is 5.91 Å². The number of anilines is 1. The van der Waals surface area contributed by atoms with Gasteiger partial charge in [0.1, 0.15) is 6.07 Å². The van der Waals surface area contributed by atoms with Crippen molar-refractivity contribution in [1.82, 2.24) is 10.2 Å². The molecule has 0 aliphatic carbocycles. The van der Waals surface area contributed by atoms with Crippen LogP contribution in [0.5, 0.6) is 0 Å². The number of aromatic nitrogens is 2. The maximum atomic E-state index is 10.6. The molecule has 2 aromatic rings. The molecule has 0 spiro atoms. The lowest BCUT2D eigenvalue weighted by molar-refractivity contribution is -0.118. The molecular weight excluding hydrogens is 254 g/mol. The maximum absolute atomic E-state index is 10.6. The lowest BCUT2D eigenvalue weighted by Gasteiger charge is -2.09. The molecule has 6 heteroatoms. The topological polar surface area (TPSA) is 105 Å². The number of amides is 1. The molecule has 0 unspecified atom stereocenters. The van der Waals surface area contributed by atoms with Crippen LogP contribution in [0, 0.1) is 11.3 Å². The Morgan fingerprint density at radius 1 is 1.30 bits per heavy atom. The van der Waals surface area contributed by atoms with Crippen LogP contribution in [-0.4, -0.2) is 22.6 Å². The fraction of sp³-hybridized carbons (Fsp3) is 0.286. The van der Waals surface area contributed by atoms with Crippen molar-refractivity contribution in [3.63, 3.8) is 0 Å². The van der Waals surface area contributed by atoms with Gasteiger partial charge in [-0.3, -0.25) is 4.79 Å². The van der Waals surface area contributed by atoms with Crippen LogP contribution in [0.25, 0.3) is 10.9 Å². The molecule has 0 aliphatic heterocycles. The number of rotatable bonds is 6. The summed E-state index contributed by atoms with van der Waals surface area (Å²) in [6.07, 6.45) is 1.90. The predicted octanol–water partition coefficient (Wildman–Crippen LogP) is 1.57. The lowest BCUT2D eigenvalue weighted by Crippen LogP contribution is -2.11. The Bertz CT molecular complexity index is 662. The van der Waals surface area contributed by atoms with E-state index in [2.05, 4.69) is 15.5 Å². The van der Waals surface area contributed by atoms with Crippen LogP contribution in [-0.2, 0) is 4.79 Å². The highest BCUT2D eigenvalue weighted by molar-refractivity contribution is 5.92. The second-order valence-corrected chi connectivity index (χ2v) is 4.40. The van der Waals surface area contributed by atoms with Crippen molar-refractivity contribution in [3.8, 4) is 6.07 Å². The van der Waals surface area contributed by atoms with E-state index >= 15 is 0 Å². The summed E-state index contributed by atoms with van der Waals surface area (Å²) in [4.78, 5) is 10.6. The van der Waals surface area contributed by atoms with E-state index in [1.165, 1.54) is 0 Å². The summed E-state index contributed by atoms with van der Waals surface area (Å²) < 4.78 is 0. The van der Waals surface area contributed by atoms with E-state index in [9.17, 15) is 4.79 Å². The van der Waals surface area contributed by atoms with Gasteiger partial charge in [0, 0.05) is 18.4 Å². The molecule has 0 aliphatic rings. The first-order chi connectivity index (χ1) is 9.72. The third kappa shape index (κ3) is 3.20. The number of nitriles is 1. The fourth-order valence-corrected chi connectivity index (χ4v) is 1.95. The van der Waals surface area contributed by atoms with Crippen molar-refractivity contribution in [1.29, 1.82) is 5.26 Å². The first-order valence-electron chi connectivity index (χ1n) is 6.40. The number of fused-ring (bicyclic) bond motifs is 1. The van der Waals surface area contributed by atoms with Crippen LogP contribution in [0.2, 0.25) is 0 Å². The zero-order valence-electron chi connectivity index (χ0n) is 11.0. The molecule has 0 bridgehead atoms. The zero-order chi connectivity index (χ0) is 14.4. The van der Waals surface area contributed by atoms with Crippen LogP contribution < -0.4 is 11.1 Å². The molecule has 1 aromatic heterocycles. The second-order valence-electron chi connectivity index (χ2n) is 4.40. The van der Waals surface area contributed by atoms with E-state index in [-0.39, 0.29) is 11.6 Å². The van der Waals surface area contributed by atoms with Crippen molar-refractivity contribution >= 4 is 22.5 Å². The van der Waals surface area contributed by atoms with Gasteiger partial charge in [0.15, 0.2) is 5.69 Å². The van der Waals surface area contributed by atoms with E-state index in [1.807, 2.05) is 30.3 Å². The Morgan fingerprint density at radius 3 is 2.85 bits per heavy atom. The average molecular weight is 269 g/mol. The largest absolute Gasteiger partial charge is 0.382 e. The van der Waals surface area contributed by atoms with Gasteiger partial charge in [0.25, 0.3) is 0 Å². The monoisotopic (exact) mass is 269 g/mol. The molecular formula is C14H15N5O. The molecule has 0 atom stereocenters. The SMILES string of the molecule is N#Cc1nnc2ccccc2c1NCCCCC(N)=O. The van der Waals surface area contributed by atoms with Gasteiger partial charge < -0.3 is 11.1 Å². The standard InChI is InChI=1S/C14H15N5O/c15-9-12-14(17-8-4-3-7-13(16)20)10-5-1-2-6-11(10)18-19-12/h1-2,5-6H,3-4,7-8H2,(H2,16,20)(H,17,18). The fourth-order valence-electron chi connectivity index (χ4n) is 1.95. The van der Waals surface area contributed by atoms with Gasteiger partial charge in [-0.25, -0.2) is 0 Å². The molecule has 1 heterocycles. The van der Waals surface area contributed by atoms with E-state index in [4.69, 9.17) is 11.0 Å². The molecule has 0 fully saturated rings. The highest BCUT2D eigenvalue weighted by atomic mass is 16.1. The quantitative estimate of drug-likeness (QED) is 0.774. The Kier molecular flexibility index (Phi) is 4.45. The first kappa shape index (κ1) is 13.7. The molecule has 1 amide bonds. The minimum Gasteiger partial charge on any atom is -0.382 e. The Balaban J connectivity index is 2.12. The van der Waals surface area contributed by atoms with Gasteiger partial charge in [-0.1, -0.05) is 18.2 Å². The number of hydrogen-bond acceptors (Lipinski definition) is 5. The van der Waals surface area contributed by atoms with Crippen molar-refractivity contribution in [2.45, 2.75) is 19.3 Å². The number of primary amides is 1. The van der Waals surface area contributed by atoms with Crippen LogP contribution in [0.15, 0.2) is 24.3 Å². The molecule has 0 saturated carbocycles. The summed E-state index contributed by atoms with van der Waals surface area (Å²) >= 11 is 0. The predicted molar refractivity (Wildman–Crippen MR) is 75.8 cm³/mol. The van der Waals surface area contributed by atoms with E-state index in [1.54, 1.807) is 0 Å². The van der Waals surface area contributed by atoms with Crippen molar-refractivity contribution in [2.75, 3.05) is 11.9 Å². The minimum atomic E-state index is -0.293. The van der Waals surface area contributed by atoms with Crippen LogP contribution in [0.4, 0.5) is 5.69 Å². The molecule has 102 valence electrons.